The van der Waals surface area contributed by atoms with Gasteiger partial charge >= 0.3 is 0 Å². The molecule has 0 saturated heterocycles. The first-order chi connectivity index (χ1) is 9.22. The van der Waals surface area contributed by atoms with Crippen molar-refractivity contribution in [3.05, 3.63) is 24.2 Å². The van der Waals surface area contributed by atoms with Crippen molar-refractivity contribution in [2.45, 2.75) is 45.2 Å². The Labute approximate surface area is 118 Å². The number of unbranched alkanes of at least 4 members (excludes halogenated alkanes) is 1. The number of fused-ring (bicyclic) bond motifs is 1. The van der Waals surface area contributed by atoms with E-state index in [0.29, 0.717) is 12.0 Å². The molecular formula is C14H20ClN3O. The maximum absolute atomic E-state index is 5.95. The van der Waals surface area contributed by atoms with Crippen LogP contribution in [0.15, 0.2) is 18.3 Å². The standard InChI is InChI=1S/C14H20ClN3O/c1-11(2)19-9-4-3-8-18-13(10-15)17-12-6-5-7-16-14(12)18/h5-7,11H,3-4,8-10H2,1-2H3. The van der Waals surface area contributed by atoms with E-state index < -0.39 is 0 Å². The number of halogens is 1. The van der Waals surface area contributed by atoms with Crippen molar-refractivity contribution in [2.75, 3.05) is 6.61 Å². The summed E-state index contributed by atoms with van der Waals surface area (Å²) >= 11 is 5.95. The molecule has 0 aliphatic rings. The number of hydrogen-bond donors (Lipinski definition) is 0. The van der Waals surface area contributed by atoms with Crippen molar-refractivity contribution in [1.29, 1.82) is 0 Å². The summed E-state index contributed by atoms with van der Waals surface area (Å²) in [4.78, 5) is 8.88. The molecule has 0 saturated carbocycles. The highest BCUT2D eigenvalue weighted by atomic mass is 35.5. The molecule has 5 heteroatoms. The van der Waals surface area contributed by atoms with Crippen molar-refractivity contribution >= 4 is 22.8 Å². The molecule has 0 amide bonds. The summed E-state index contributed by atoms with van der Waals surface area (Å²) in [6, 6.07) is 3.87. The van der Waals surface area contributed by atoms with E-state index in [1.165, 1.54) is 0 Å². The van der Waals surface area contributed by atoms with Crippen LogP contribution < -0.4 is 0 Å². The van der Waals surface area contributed by atoms with Crippen LogP contribution >= 0.6 is 11.6 Å². The van der Waals surface area contributed by atoms with Gasteiger partial charge in [0.25, 0.3) is 0 Å². The third-order valence-electron chi connectivity index (χ3n) is 2.93. The Balaban J connectivity index is 1.99. The van der Waals surface area contributed by atoms with Crippen LogP contribution in [0.3, 0.4) is 0 Å². The average molecular weight is 282 g/mol. The lowest BCUT2D eigenvalue weighted by atomic mass is 10.3. The molecular weight excluding hydrogens is 262 g/mol. The predicted octanol–water partition coefficient (Wildman–Crippen LogP) is 3.38. The lowest BCUT2D eigenvalue weighted by Gasteiger charge is -2.09. The van der Waals surface area contributed by atoms with E-state index in [2.05, 4.69) is 28.4 Å². The maximum atomic E-state index is 5.95. The van der Waals surface area contributed by atoms with Crippen molar-refractivity contribution in [3.8, 4) is 0 Å². The zero-order valence-corrected chi connectivity index (χ0v) is 12.2. The minimum Gasteiger partial charge on any atom is -0.379 e. The number of hydrogen-bond acceptors (Lipinski definition) is 3. The summed E-state index contributed by atoms with van der Waals surface area (Å²) in [6.07, 6.45) is 4.17. The van der Waals surface area contributed by atoms with Gasteiger partial charge in [-0.15, -0.1) is 11.6 Å². The van der Waals surface area contributed by atoms with E-state index in [9.17, 15) is 0 Å². The summed E-state index contributed by atoms with van der Waals surface area (Å²) in [5.74, 6) is 1.30. The molecule has 19 heavy (non-hydrogen) atoms. The Morgan fingerprint density at radius 2 is 2.21 bits per heavy atom. The maximum Gasteiger partial charge on any atom is 0.160 e. The van der Waals surface area contributed by atoms with Gasteiger partial charge in [0.15, 0.2) is 5.65 Å². The summed E-state index contributed by atoms with van der Waals surface area (Å²) in [7, 11) is 0. The molecule has 0 aliphatic heterocycles. The van der Waals surface area contributed by atoms with Crippen molar-refractivity contribution < 1.29 is 4.74 Å². The molecule has 0 radical (unpaired) electrons. The fourth-order valence-electron chi connectivity index (χ4n) is 2.03. The number of imidazole rings is 1. The molecule has 2 heterocycles. The zero-order chi connectivity index (χ0) is 13.7. The third-order valence-corrected chi connectivity index (χ3v) is 3.17. The van der Waals surface area contributed by atoms with Crippen LogP contribution in [-0.2, 0) is 17.2 Å². The molecule has 0 N–H and O–H groups in total. The zero-order valence-electron chi connectivity index (χ0n) is 11.5. The Morgan fingerprint density at radius 3 is 2.95 bits per heavy atom. The highest BCUT2D eigenvalue weighted by molar-refractivity contribution is 6.16. The van der Waals surface area contributed by atoms with Gasteiger partial charge in [0.1, 0.15) is 11.3 Å². The molecule has 2 aromatic rings. The van der Waals surface area contributed by atoms with E-state index >= 15 is 0 Å². The molecule has 0 fully saturated rings. The second-order valence-electron chi connectivity index (χ2n) is 4.79. The van der Waals surface area contributed by atoms with Crippen LogP contribution in [0.2, 0.25) is 0 Å². The van der Waals surface area contributed by atoms with Crippen LogP contribution in [-0.4, -0.2) is 27.2 Å². The minimum absolute atomic E-state index is 0.300. The first kappa shape index (κ1) is 14.3. The van der Waals surface area contributed by atoms with Gasteiger partial charge in [-0.3, -0.25) is 0 Å². The van der Waals surface area contributed by atoms with Gasteiger partial charge in [0.05, 0.1) is 12.0 Å². The number of aromatic nitrogens is 3. The lowest BCUT2D eigenvalue weighted by molar-refractivity contribution is 0.0754. The molecule has 0 aliphatic carbocycles. The molecule has 0 spiro atoms. The van der Waals surface area contributed by atoms with E-state index in [4.69, 9.17) is 16.3 Å². The Hall–Kier alpha value is -1.13. The molecule has 0 aromatic carbocycles. The number of ether oxygens (including phenoxy) is 1. The number of aryl methyl sites for hydroxylation is 1. The van der Waals surface area contributed by atoms with E-state index in [1.807, 2.05) is 12.1 Å². The van der Waals surface area contributed by atoms with E-state index in [-0.39, 0.29) is 0 Å². The lowest BCUT2D eigenvalue weighted by Crippen LogP contribution is -2.07. The van der Waals surface area contributed by atoms with Crippen LogP contribution in [0.1, 0.15) is 32.5 Å². The minimum atomic E-state index is 0.300. The summed E-state index contributed by atoms with van der Waals surface area (Å²) in [6.45, 7) is 5.79. The molecule has 0 unspecified atom stereocenters. The predicted molar refractivity (Wildman–Crippen MR) is 77.4 cm³/mol. The van der Waals surface area contributed by atoms with Crippen LogP contribution in [0, 0.1) is 0 Å². The second kappa shape index (κ2) is 6.87. The van der Waals surface area contributed by atoms with E-state index in [1.54, 1.807) is 6.20 Å². The van der Waals surface area contributed by atoms with Gasteiger partial charge in [-0.25, -0.2) is 9.97 Å². The van der Waals surface area contributed by atoms with Gasteiger partial charge in [0.2, 0.25) is 0 Å². The smallest absolute Gasteiger partial charge is 0.160 e. The average Bonchev–Trinajstić information content (AvgIpc) is 2.76. The SMILES string of the molecule is CC(C)OCCCCn1c(CCl)nc2cccnc21. The first-order valence-electron chi connectivity index (χ1n) is 6.70. The van der Waals surface area contributed by atoms with Gasteiger partial charge in [-0.2, -0.15) is 0 Å². The monoisotopic (exact) mass is 281 g/mol. The Bertz CT molecular complexity index is 524. The molecule has 4 nitrogen and oxygen atoms in total. The van der Waals surface area contributed by atoms with Crippen LogP contribution in [0.4, 0.5) is 0 Å². The van der Waals surface area contributed by atoms with Crippen LogP contribution in [0.5, 0.6) is 0 Å². The van der Waals surface area contributed by atoms with Crippen molar-refractivity contribution in [1.82, 2.24) is 14.5 Å². The van der Waals surface area contributed by atoms with Gasteiger partial charge in [-0.05, 0) is 38.8 Å². The van der Waals surface area contributed by atoms with Gasteiger partial charge in [-0.1, -0.05) is 0 Å². The number of nitrogens with zero attached hydrogens (tertiary/aromatic N) is 3. The molecule has 0 atom stereocenters. The quantitative estimate of drug-likeness (QED) is 0.577. The van der Waals surface area contributed by atoms with Crippen LogP contribution in [0.25, 0.3) is 11.2 Å². The molecule has 2 aromatic heterocycles. The topological polar surface area (TPSA) is 39.9 Å². The number of rotatable bonds is 7. The molecule has 104 valence electrons. The van der Waals surface area contributed by atoms with Crippen molar-refractivity contribution in [2.24, 2.45) is 0 Å². The second-order valence-corrected chi connectivity index (χ2v) is 5.05. The molecule has 2 rings (SSSR count). The summed E-state index contributed by atoms with van der Waals surface area (Å²) in [5.41, 5.74) is 1.83. The fourth-order valence-corrected chi connectivity index (χ4v) is 2.24. The highest BCUT2D eigenvalue weighted by Gasteiger charge is 2.09. The van der Waals surface area contributed by atoms with Gasteiger partial charge < -0.3 is 9.30 Å². The largest absolute Gasteiger partial charge is 0.379 e. The number of alkyl halides is 1. The summed E-state index contributed by atoms with van der Waals surface area (Å²) < 4.78 is 7.65. The molecule has 0 bridgehead atoms. The Morgan fingerprint density at radius 1 is 1.37 bits per heavy atom. The number of pyridine rings is 1. The van der Waals surface area contributed by atoms with Crippen molar-refractivity contribution in [3.63, 3.8) is 0 Å². The Kier molecular flexibility index (Phi) is 5.16. The first-order valence-corrected chi connectivity index (χ1v) is 7.23. The van der Waals surface area contributed by atoms with Gasteiger partial charge in [0, 0.05) is 19.3 Å². The summed E-state index contributed by atoms with van der Waals surface area (Å²) in [5, 5.41) is 0. The third kappa shape index (κ3) is 3.67. The fraction of sp³-hybridized carbons (Fsp3) is 0.571. The highest BCUT2D eigenvalue weighted by Crippen LogP contribution is 2.16. The van der Waals surface area contributed by atoms with E-state index in [0.717, 1.165) is 43.0 Å². The normalized spacial score (nSPS) is 11.6.